The molecule has 29 heavy (non-hydrogen) atoms. The summed E-state index contributed by atoms with van der Waals surface area (Å²) in [6, 6.07) is 9.20. The zero-order valence-electron chi connectivity index (χ0n) is 14.7. The van der Waals surface area contributed by atoms with Gasteiger partial charge in [0.05, 0.1) is 17.4 Å². The molecule has 0 saturated heterocycles. The molecule has 2 N–H and O–H groups in total. The van der Waals surface area contributed by atoms with Crippen molar-refractivity contribution in [2.45, 2.75) is 4.90 Å². The van der Waals surface area contributed by atoms with Crippen LogP contribution in [-0.2, 0) is 10.0 Å². The van der Waals surface area contributed by atoms with E-state index in [0.29, 0.717) is 27.4 Å². The zero-order chi connectivity index (χ0) is 20.6. The number of nitrogens with one attached hydrogen (secondary N) is 2. The highest BCUT2D eigenvalue weighted by atomic mass is 35.5. The Bertz CT molecular complexity index is 1370. The lowest BCUT2D eigenvalue weighted by molar-refractivity contribution is 0.416. The molecule has 2 heterocycles. The lowest BCUT2D eigenvalue weighted by atomic mass is 10.0. The third kappa shape index (κ3) is 3.67. The Morgan fingerprint density at radius 2 is 2.00 bits per heavy atom. The first-order valence-electron chi connectivity index (χ1n) is 8.04. The van der Waals surface area contributed by atoms with Crippen molar-refractivity contribution in [3.63, 3.8) is 0 Å². The van der Waals surface area contributed by atoms with E-state index in [4.69, 9.17) is 16.3 Å². The number of fused-ring (bicyclic) bond motifs is 1. The van der Waals surface area contributed by atoms with Crippen molar-refractivity contribution in [3.05, 3.63) is 57.3 Å². The Labute approximate surface area is 173 Å². The minimum Gasteiger partial charge on any atom is -0.496 e. The summed E-state index contributed by atoms with van der Waals surface area (Å²) >= 11 is 7.06. The zero-order valence-corrected chi connectivity index (χ0v) is 17.1. The monoisotopic (exact) mass is 449 g/mol. The van der Waals surface area contributed by atoms with Crippen LogP contribution in [0.4, 0.5) is 5.13 Å². The molecule has 2 aromatic carbocycles. The number of aromatic amines is 1. The number of H-pyrrole nitrogens is 1. The molecule has 0 unspecified atom stereocenters. The van der Waals surface area contributed by atoms with Crippen molar-refractivity contribution in [3.8, 4) is 17.0 Å². The number of aromatic nitrogens is 4. The molecule has 0 aliphatic rings. The van der Waals surface area contributed by atoms with Gasteiger partial charge in [-0.25, -0.2) is 13.5 Å². The second-order valence-corrected chi connectivity index (χ2v) is 8.75. The number of rotatable bonds is 5. The molecule has 0 spiro atoms. The van der Waals surface area contributed by atoms with E-state index in [-0.39, 0.29) is 15.4 Å². The summed E-state index contributed by atoms with van der Waals surface area (Å²) < 4.78 is 32.9. The molecular formula is C17H12ClN5O4S2. The normalized spacial score (nSPS) is 11.5. The van der Waals surface area contributed by atoms with Gasteiger partial charge in [-0.05, 0) is 30.3 Å². The van der Waals surface area contributed by atoms with Crippen LogP contribution in [0.3, 0.4) is 0 Å². The molecule has 12 heteroatoms. The molecule has 0 bridgehead atoms. The molecule has 2 aromatic heterocycles. The average molecular weight is 450 g/mol. The summed E-state index contributed by atoms with van der Waals surface area (Å²) in [4.78, 5) is 12.3. The number of hydrogen-bond acceptors (Lipinski definition) is 8. The Kier molecular flexibility index (Phi) is 4.94. The average Bonchev–Trinajstić information content (AvgIpc) is 3.20. The maximum absolute atomic E-state index is 12.6. The number of sulfonamides is 1. The molecule has 0 amide bonds. The Morgan fingerprint density at radius 1 is 1.17 bits per heavy atom. The smallest absolute Gasteiger partial charge is 0.272 e. The fourth-order valence-electron chi connectivity index (χ4n) is 2.77. The van der Waals surface area contributed by atoms with Crippen molar-refractivity contribution >= 4 is 48.9 Å². The molecule has 0 atom stereocenters. The van der Waals surface area contributed by atoms with Crippen LogP contribution in [-0.4, -0.2) is 35.9 Å². The Morgan fingerprint density at radius 3 is 2.72 bits per heavy atom. The van der Waals surface area contributed by atoms with Crippen LogP contribution in [0.5, 0.6) is 5.75 Å². The lowest BCUT2D eigenvalue weighted by Gasteiger charge is -2.11. The molecular weight excluding hydrogens is 438 g/mol. The summed E-state index contributed by atoms with van der Waals surface area (Å²) in [6.45, 7) is 0. The van der Waals surface area contributed by atoms with Gasteiger partial charge >= 0.3 is 0 Å². The quantitative estimate of drug-likeness (QED) is 0.479. The maximum atomic E-state index is 12.6. The van der Waals surface area contributed by atoms with Gasteiger partial charge in [0.2, 0.25) is 5.13 Å². The highest BCUT2D eigenvalue weighted by Crippen LogP contribution is 2.34. The summed E-state index contributed by atoms with van der Waals surface area (Å²) in [7, 11) is -2.45. The Balaban J connectivity index is 1.87. The third-order valence-electron chi connectivity index (χ3n) is 4.07. The number of halogens is 1. The standard InChI is InChI=1S/C17H12ClN5O4S2/c1-27-14-6-9(18)2-4-12(14)15-11-5-3-10(7-13(11)16(24)21-20-15)29(25,26)23-17-22-19-8-28-17/h2-8H,1H3,(H,21,24)(H,22,23). The van der Waals surface area contributed by atoms with Gasteiger partial charge in [0.1, 0.15) is 17.0 Å². The molecule has 0 saturated carbocycles. The van der Waals surface area contributed by atoms with E-state index in [9.17, 15) is 13.2 Å². The van der Waals surface area contributed by atoms with Crippen LogP contribution >= 0.6 is 22.9 Å². The predicted molar refractivity (Wildman–Crippen MR) is 110 cm³/mol. The molecule has 9 nitrogen and oxygen atoms in total. The van der Waals surface area contributed by atoms with E-state index >= 15 is 0 Å². The highest BCUT2D eigenvalue weighted by Gasteiger charge is 2.19. The minimum atomic E-state index is -3.94. The van der Waals surface area contributed by atoms with Crippen molar-refractivity contribution < 1.29 is 13.2 Å². The van der Waals surface area contributed by atoms with Gasteiger partial charge in [-0.2, -0.15) is 5.10 Å². The van der Waals surface area contributed by atoms with Gasteiger partial charge in [-0.3, -0.25) is 9.52 Å². The van der Waals surface area contributed by atoms with E-state index in [2.05, 4.69) is 25.1 Å². The van der Waals surface area contributed by atoms with E-state index < -0.39 is 15.6 Å². The second-order valence-electron chi connectivity index (χ2n) is 5.80. The van der Waals surface area contributed by atoms with Crippen molar-refractivity contribution in [2.75, 3.05) is 11.8 Å². The largest absolute Gasteiger partial charge is 0.496 e. The summed E-state index contributed by atoms with van der Waals surface area (Å²) in [5.41, 5.74) is 1.90. The molecule has 0 aliphatic carbocycles. The van der Waals surface area contributed by atoms with Gasteiger partial charge in [0, 0.05) is 16.0 Å². The number of methoxy groups -OCH3 is 1. The molecule has 0 aliphatic heterocycles. The molecule has 148 valence electrons. The third-order valence-corrected chi connectivity index (χ3v) is 6.38. The molecule has 0 radical (unpaired) electrons. The topological polar surface area (TPSA) is 127 Å². The first-order valence-corrected chi connectivity index (χ1v) is 10.8. The van der Waals surface area contributed by atoms with E-state index in [1.165, 1.54) is 30.8 Å². The number of ether oxygens (including phenoxy) is 1. The maximum Gasteiger partial charge on any atom is 0.272 e. The van der Waals surface area contributed by atoms with Crippen molar-refractivity contribution in [2.24, 2.45) is 0 Å². The summed E-state index contributed by atoms with van der Waals surface area (Å²) in [5, 5.41) is 15.0. The highest BCUT2D eigenvalue weighted by molar-refractivity contribution is 7.93. The molecule has 0 fully saturated rings. The van der Waals surface area contributed by atoms with Crippen LogP contribution in [0.25, 0.3) is 22.0 Å². The van der Waals surface area contributed by atoms with E-state index in [1.807, 2.05) is 0 Å². The van der Waals surface area contributed by atoms with Crippen molar-refractivity contribution in [1.29, 1.82) is 0 Å². The van der Waals surface area contributed by atoms with Gasteiger partial charge < -0.3 is 4.74 Å². The lowest BCUT2D eigenvalue weighted by Crippen LogP contribution is -2.15. The first kappa shape index (κ1) is 19.3. The fraction of sp³-hybridized carbons (Fsp3) is 0.0588. The van der Waals surface area contributed by atoms with Gasteiger partial charge in [-0.1, -0.05) is 29.0 Å². The van der Waals surface area contributed by atoms with E-state index in [1.54, 1.807) is 18.2 Å². The van der Waals surface area contributed by atoms with Crippen LogP contribution in [0.1, 0.15) is 0 Å². The van der Waals surface area contributed by atoms with Crippen LogP contribution in [0.15, 0.2) is 51.6 Å². The number of benzene rings is 2. The summed E-state index contributed by atoms with van der Waals surface area (Å²) in [5.74, 6) is 0.466. The number of hydrogen-bond donors (Lipinski definition) is 2. The van der Waals surface area contributed by atoms with E-state index in [0.717, 1.165) is 11.3 Å². The van der Waals surface area contributed by atoms with Crippen molar-refractivity contribution in [1.82, 2.24) is 20.4 Å². The predicted octanol–water partition coefficient (Wildman–Crippen LogP) is 2.90. The number of nitrogens with zero attached hydrogens (tertiary/aromatic N) is 3. The van der Waals surface area contributed by atoms with Crippen LogP contribution < -0.4 is 15.0 Å². The second kappa shape index (κ2) is 7.43. The van der Waals surface area contributed by atoms with Gasteiger partial charge in [0.15, 0.2) is 0 Å². The van der Waals surface area contributed by atoms with Crippen LogP contribution in [0.2, 0.25) is 5.02 Å². The Hall–Kier alpha value is -3.02. The minimum absolute atomic E-state index is 0.0917. The summed E-state index contributed by atoms with van der Waals surface area (Å²) in [6.07, 6.45) is 0. The molecule has 4 aromatic rings. The van der Waals surface area contributed by atoms with Gasteiger partial charge in [0.25, 0.3) is 15.6 Å². The SMILES string of the molecule is COc1cc(Cl)ccc1-c1n[nH]c(=O)c2cc(S(=O)(=O)Nc3nncs3)ccc12. The van der Waals surface area contributed by atoms with Gasteiger partial charge in [-0.15, -0.1) is 10.2 Å². The number of anilines is 1. The fourth-order valence-corrected chi connectivity index (χ4v) is 4.65. The van der Waals surface area contributed by atoms with Crippen LogP contribution in [0, 0.1) is 0 Å². The first-order chi connectivity index (χ1) is 13.9. The molecule has 4 rings (SSSR count).